The average Bonchev–Trinajstić information content (AvgIpc) is 3.46. The summed E-state index contributed by atoms with van der Waals surface area (Å²) in [5, 5.41) is 25.0. The monoisotopic (exact) mass is 713 g/mol. The molecule has 4 rings (SSSR count). The van der Waals surface area contributed by atoms with Crippen molar-refractivity contribution in [3.05, 3.63) is 12.2 Å². The summed E-state index contributed by atoms with van der Waals surface area (Å²) in [5.74, 6) is 3.34. The van der Waals surface area contributed by atoms with Crippen molar-refractivity contribution in [3.8, 4) is 0 Å². The van der Waals surface area contributed by atoms with Gasteiger partial charge in [-0.15, -0.1) is 0 Å². The maximum absolute atomic E-state index is 12.9. The number of aliphatic hydroxyl groups is 2. The van der Waals surface area contributed by atoms with E-state index in [4.69, 9.17) is 0 Å². The van der Waals surface area contributed by atoms with Gasteiger partial charge >= 0.3 is 0 Å². The van der Waals surface area contributed by atoms with E-state index in [0.717, 1.165) is 44.9 Å². The fraction of sp³-hybridized carbons (Fsp3) is 0.911. The molecule has 0 bridgehead atoms. The standard InChI is InChI=1S/C45H80N2O4/c1-6-7-8-9-10-11-12-13-14-15-16-17-18-19-20-21-42(51)47(5)31-30-46-41(50)25-22-34(2)37-23-24-38-43-39(27-29-45(37,38)4)44(3)28-26-36(48)32-35(44)33-40(43)49/h13-14,34-40,43,48-49H,6-12,15-33H2,1-5H3,(H,46,50)/t34-,35+,36-,37?,38+,39+,40-,43+,44+,45-/m1/s1. The second kappa shape index (κ2) is 20.9. The minimum Gasteiger partial charge on any atom is -0.393 e. The van der Waals surface area contributed by atoms with E-state index in [1.54, 1.807) is 4.90 Å². The van der Waals surface area contributed by atoms with Gasteiger partial charge in [0.15, 0.2) is 0 Å². The smallest absolute Gasteiger partial charge is 0.222 e. The minimum absolute atomic E-state index is 0.101. The quantitative estimate of drug-likeness (QED) is 0.0770. The molecule has 3 N–H and O–H groups in total. The highest BCUT2D eigenvalue weighted by Gasteiger charge is 2.62. The fourth-order valence-electron chi connectivity index (χ4n) is 11.8. The molecular weight excluding hydrogens is 633 g/mol. The van der Waals surface area contributed by atoms with Crippen LogP contribution >= 0.6 is 0 Å². The van der Waals surface area contributed by atoms with Gasteiger partial charge in [0.1, 0.15) is 0 Å². The number of carbonyl (C=O) groups excluding carboxylic acids is 2. The number of fused-ring (bicyclic) bond motifs is 5. The molecule has 10 atom stereocenters. The van der Waals surface area contributed by atoms with Crippen molar-refractivity contribution in [1.29, 1.82) is 0 Å². The van der Waals surface area contributed by atoms with Gasteiger partial charge in [-0.3, -0.25) is 9.59 Å². The number of hydrogen-bond donors (Lipinski definition) is 3. The molecule has 4 fully saturated rings. The molecule has 6 heteroatoms. The third-order valence-corrected chi connectivity index (χ3v) is 15.1. The van der Waals surface area contributed by atoms with Gasteiger partial charge in [0.25, 0.3) is 0 Å². The van der Waals surface area contributed by atoms with E-state index in [1.807, 2.05) is 7.05 Å². The summed E-state index contributed by atoms with van der Waals surface area (Å²) in [6.07, 6.45) is 31.3. The number of unbranched alkanes of at least 4 members (excludes halogenated alkanes) is 11. The van der Waals surface area contributed by atoms with Crippen molar-refractivity contribution in [3.63, 3.8) is 0 Å². The number of aliphatic hydroxyl groups excluding tert-OH is 2. The fourth-order valence-corrected chi connectivity index (χ4v) is 11.8. The Balaban J connectivity index is 1.05. The van der Waals surface area contributed by atoms with Gasteiger partial charge in [-0.25, -0.2) is 0 Å². The van der Waals surface area contributed by atoms with Crippen molar-refractivity contribution in [2.75, 3.05) is 20.1 Å². The Morgan fingerprint density at radius 3 is 2.14 bits per heavy atom. The second-order valence-electron chi connectivity index (χ2n) is 18.5. The molecule has 0 radical (unpaired) electrons. The zero-order chi connectivity index (χ0) is 36.9. The van der Waals surface area contributed by atoms with Crippen molar-refractivity contribution < 1.29 is 19.8 Å². The number of hydrogen-bond acceptors (Lipinski definition) is 4. The zero-order valence-electron chi connectivity index (χ0n) is 33.8. The molecule has 0 saturated heterocycles. The first-order valence-corrected chi connectivity index (χ1v) is 22.0. The van der Waals surface area contributed by atoms with E-state index in [0.29, 0.717) is 61.4 Å². The molecule has 4 aliphatic carbocycles. The normalized spacial score (nSPS) is 33.7. The number of likely N-dealkylation sites (N-methyl/N-ethyl adjacent to an activating group) is 1. The van der Waals surface area contributed by atoms with E-state index < -0.39 is 0 Å². The van der Waals surface area contributed by atoms with Crippen LogP contribution in [0.4, 0.5) is 0 Å². The van der Waals surface area contributed by atoms with Gasteiger partial charge in [0, 0.05) is 33.0 Å². The Kier molecular flexibility index (Phi) is 17.3. The van der Waals surface area contributed by atoms with Gasteiger partial charge in [0.2, 0.25) is 11.8 Å². The van der Waals surface area contributed by atoms with Crippen LogP contribution in [0.1, 0.15) is 182 Å². The lowest BCUT2D eigenvalue weighted by Gasteiger charge is -2.62. The summed E-state index contributed by atoms with van der Waals surface area (Å²) in [5.41, 5.74) is 0.497. The SMILES string of the molecule is CCCCCCCCC=CCCCCCCCC(=O)N(C)CCNC(=O)CC[C@@H](C)C1CC[C@H]2[C@@H]3[C@H](O)C[C@@H]4C[C@H](O)CC[C@]4(C)[C@H]3CC[C@]12C. The Morgan fingerprint density at radius 2 is 1.43 bits per heavy atom. The van der Waals surface area contributed by atoms with Gasteiger partial charge in [-0.05, 0) is 136 Å². The third kappa shape index (κ3) is 11.5. The largest absolute Gasteiger partial charge is 0.393 e. The molecule has 4 aliphatic rings. The summed E-state index contributed by atoms with van der Waals surface area (Å²) in [6.45, 7) is 10.7. The molecule has 0 aromatic rings. The number of amides is 2. The van der Waals surface area contributed by atoms with Gasteiger partial charge in [-0.1, -0.05) is 91.2 Å². The summed E-state index contributed by atoms with van der Waals surface area (Å²) in [7, 11) is 1.86. The molecule has 0 heterocycles. The third-order valence-electron chi connectivity index (χ3n) is 15.1. The molecule has 0 aromatic heterocycles. The van der Waals surface area contributed by atoms with Crippen molar-refractivity contribution in [2.24, 2.45) is 46.3 Å². The highest BCUT2D eigenvalue weighted by molar-refractivity contribution is 5.77. The van der Waals surface area contributed by atoms with Crippen LogP contribution in [-0.2, 0) is 9.59 Å². The van der Waals surface area contributed by atoms with E-state index >= 15 is 0 Å². The van der Waals surface area contributed by atoms with Gasteiger partial charge in [0.05, 0.1) is 12.2 Å². The molecule has 4 saturated carbocycles. The molecule has 2 amide bonds. The van der Waals surface area contributed by atoms with Crippen LogP contribution in [0.3, 0.4) is 0 Å². The van der Waals surface area contributed by atoms with Crippen LogP contribution in [0, 0.1) is 46.3 Å². The van der Waals surface area contributed by atoms with Crippen LogP contribution in [-0.4, -0.2) is 59.3 Å². The minimum atomic E-state index is -0.241. The molecule has 294 valence electrons. The van der Waals surface area contributed by atoms with Crippen molar-refractivity contribution in [1.82, 2.24) is 10.2 Å². The summed E-state index contributed by atoms with van der Waals surface area (Å²) in [6, 6.07) is 0. The molecule has 51 heavy (non-hydrogen) atoms. The van der Waals surface area contributed by atoms with Gasteiger partial charge < -0.3 is 20.4 Å². The van der Waals surface area contributed by atoms with Gasteiger partial charge in [-0.2, -0.15) is 0 Å². The number of nitrogens with zero attached hydrogens (tertiary/aromatic N) is 1. The first kappa shape index (κ1) is 42.3. The number of carbonyl (C=O) groups is 2. The summed E-state index contributed by atoms with van der Waals surface area (Å²) in [4.78, 5) is 27.3. The Bertz CT molecular complexity index is 1080. The Morgan fingerprint density at radius 1 is 0.804 bits per heavy atom. The van der Waals surface area contributed by atoms with Crippen LogP contribution < -0.4 is 5.32 Å². The molecule has 6 nitrogen and oxygen atoms in total. The molecule has 0 spiro atoms. The maximum atomic E-state index is 12.9. The first-order chi connectivity index (χ1) is 24.5. The number of rotatable bonds is 22. The Labute approximate surface area is 313 Å². The number of nitrogens with one attached hydrogen (secondary N) is 1. The lowest BCUT2D eigenvalue weighted by molar-refractivity contribution is -0.174. The topological polar surface area (TPSA) is 89.9 Å². The molecule has 0 aliphatic heterocycles. The zero-order valence-corrected chi connectivity index (χ0v) is 33.8. The second-order valence-corrected chi connectivity index (χ2v) is 18.5. The molecule has 0 aromatic carbocycles. The summed E-state index contributed by atoms with van der Waals surface area (Å²) >= 11 is 0. The molecular formula is C45H80N2O4. The number of allylic oxidation sites excluding steroid dienone is 2. The summed E-state index contributed by atoms with van der Waals surface area (Å²) < 4.78 is 0. The predicted octanol–water partition coefficient (Wildman–Crippen LogP) is 10.0. The maximum Gasteiger partial charge on any atom is 0.222 e. The lowest BCUT2D eigenvalue weighted by Crippen LogP contribution is -2.58. The first-order valence-electron chi connectivity index (χ1n) is 22.0. The van der Waals surface area contributed by atoms with Crippen molar-refractivity contribution in [2.45, 2.75) is 194 Å². The van der Waals surface area contributed by atoms with Crippen molar-refractivity contribution >= 4 is 11.8 Å². The van der Waals surface area contributed by atoms with E-state index in [1.165, 1.54) is 96.3 Å². The van der Waals surface area contributed by atoms with Crippen LogP contribution in [0.2, 0.25) is 0 Å². The highest BCUT2D eigenvalue weighted by atomic mass is 16.3. The highest BCUT2D eigenvalue weighted by Crippen LogP contribution is 2.68. The lowest BCUT2D eigenvalue weighted by atomic mass is 9.43. The Hall–Kier alpha value is -1.40. The van der Waals surface area contributed by atoms with Crippen LogP contribution in [0.15, 0.2) is 12.2 Å². The van der Waals surface area contributed by atoms with Crippen LogP contribution in [0.25, 0.3) is 0 Å². The van der Waals surface area contributed by atoms with E-state index in [2.05, 4.69) is 45.2 Å². The average molecular weight is 713 g/mol. The predicted molar refractivity (Wildman–Crippen MR) is 211 cm³/mol. The van der Waals surface area contributed by atoms with E-state index in [9.17, 15) is 19.8 Å². The molecule has 1 unspecified atom stereocenters. The van der Waals surface area contributed by atoms with Crippen LogP contribution in [0.5, 0.6) is 0 Å². The van der Waals surface area contributed by atoms with E-state index in [-0.39, 0.29) is 34.9 Å².